The van der Waals surface area contributed by atoms with Gasteiger partial charge in [-0.3, -0.25) is 0 Å². The first-order valence-corrected chi connectivity index (χ1v) is 5.80. The van der Waals surface area contributed by atoms with Crippen molar-refractivity contribution in [3.63, 3.8) is 0 Å². The van der Waals surface area contributed by atoms with E-state index in [9.17, 15) is 0 Å². The molecule has 0 aliphatic heterocycles. The van der Waals surface area contributed by atoms with Crippen molar-refractivity contribution >= 4 is 0 Å². The van der Waals surface area contributed by atoms with E-state index in [0.717, 1.165) is 12.3 Å². The Hall–Kier alpha value is -1.29. The summed E-state index contributed by atoms with van der Waals surface area (Å²) in [6.07, 6.45) is 5.40. The van der Waals surface area contributed by atoms with Crippen LogP contribution in [0.2, 0.25) is 0 Å². The molecule has 1 aromatic carbocycles. The first-order chi connectivity index (χ1) is 7.31. The fourth-order valence-corrected chi connectivity index (χ4v) is 2.47. The number of hydrogen-bond acceptors (Lipinski definition) is 1. The van der Waals surface area contributed by atoms with Gasteiger partial charge in [0.05, 0.1) is 6.07 Å². The van der Waals surface area contributed by atoms with Crippen molar-refractivity contribution in [1.82, 2.24) is 0 Å². The molecule has 1 aliphatic rings. The number of nitrogens with zero attached hydrogens (tertiary/aromatic N) is 1. The molecule has 15 heavy (non-hydrogen) atoms. The lowest BCUT2D eigenvalue weighted by atomic mass is 9.83. The Balaban J connectivity index is 2.22. The summed E-state index contributed by atoms with van der Waals surface area (Å²) in [5.41, 5.74) is 4.37. The van der Waals surface area contributed by atoms with Crippen LogP contribution in [0, 0.1) is 11.3 Å². The smallest absolute Gasteiger partial charge is 0.0625 e. The first-order valence-electron chi connectivity index (χ1n) is 5.80. The third-order valence-electron chi connectivity index (χ3n) is 3.35. The molecule has 0 aromatic heterocycles. The minimum atomic E-state index is 0.633. The van der Waals surface area contributed by atoms with E-state index in [0.29, 0.717) is 6.42 Å². The predicted molar refractivity (Wildman–Crippen MR) is 61.7 cm³/mol. The fourth-order valence-electron chi connectivity index (χ4n) is 2.47. The Labute approximate surface area is 91.7 Å². The van der Waals surface area contributed by atoms with Gasteiger partial charge in [-0.05, 0) is 48.3 Å². The van der Waals surface area contributed by atoms with E-state index in [1.54, 1.807) is 0 Å². The molecule has 0 fully saturated rings. The van der Waals surface area contributed by atoms with Crippen molar-refractivity contribution in [3.8, 4) is 6.07 Å². The van der Waals surface area contributed by atoms with E-state index in [4.69, 9.17) is 5.26 Å². The van der Waals surface area contributed by atoms with Crippen molar-refractivity contribution in [3.05, 3.63) is 34.9 Å². The van der Waals surface area contributed by atoms with E-state index in [-0.39, 0.29) is 0 Å². The number of nitriles is 1. The lowest BCUT2D eigenvalue weighted by Crippen LogP contribution is -2.07. The van der Waals surface area contributed by atoms with Gasteiger partial charge in [0.2, 0.25) is 0 Å². The minimum Gasteiger partial charge on any atom is -0.198 e. The van der Waals surface area contributed by atoms with Crippen LogP contribution in [-0.4, -0.2) is 0 Å². The van der Waals surface area contributed by atoms with Gasteiger partial charge >= 0.3 is 0 Å². The Morgan fingerprint density at radius 2 is 2.33 bits per heavy atom. The SMILES string of the molecule is C[C@@H]1CCCc2cc(CCC#N)ccc21. The predicted octanol–water partition coefficient (Wildman–Crippen LogP) is 3.58. The molecule has 1 aromatic rings. The molecule has 0 N–H and O–H groups in total. The molecule has 1 atom stereocenters. The topological polar surface area (TPSA) is 23.8 Å². The van der Waals surface area contributed by atoms with Crippen molar-refractivity contribution < 1.29 is 0 Å². The van der Waals surface area contributed by atoms with Crippen molar-refractivity contribution in [2.75, 3.05) is 0 Å². The highest BCUT2D eigenvalue weighted by molar-refractivity contribution is 5.36. The van der Waals surface area contributed by atoms with Crippen molar-refractivity contribution in [2.45, 2.75) is 44.9 Å². The second-order valence-corrected chi connectivity index (χ2v) is 4.48. The van der Waals surface area contributed by atoms with Gasteiger partial charge in [-0.15, -0.1) is 0 Å². The average Bonchev–Trinajstić information content (AvgIpc) is 2.26. The molecule has 1 aliphatic carbocycles. The third-order valence-corrected chi connectivity index (χ3v) is 3.35. The highest BCUT2D eigenvalue weighted by Gasteiger charge is 2.15. The highest BCUT2D eigenvalue weighted by Crippen LogP contribution is 2.31. The van der Waals surface area contributed by atoms with Gasteiger partial charge < -0.3 is 0 Å². The number of hydrogen-bond donors (Lipinski definition) is 0. The lowest BCUT2D eigenvalue weighted by molar-refractivity contribution is 0.589. The van der Waals surface area contributed by atoms with Gasteiger partial charge in [0.15, 0.2) is 0 Å². The van der Waals surface area contributed by atoms with Gasteiger partial charge in [-0.1, -0.05) is 25.1 Å². The number of fused-ring (bicyclic) bond motifs is 1. The summed E-state index contributed by atoms with van der Waals surface area (Å²) in [7, 11) is 0. The fraction of sp³-hybridized carbons (Fsp3) is 0.500. The number of aryl methyl sites for hydroxylation is 2. The van der Waals surface area contributed by atoms with Crippen LogP contribution in [0.25, 0.3) is 0 Å². The van der Waals surface area contributed by atoms with Gasteiger partial charge in [0, 0.05) is 6.42 Å². The Bertz CT molecular complexity index is 387. The van der Waals surface area contributed by atoms with Crippen LogP contribution in [0.4, 0.5) is 0 Å². The maximum atomic E-state index is 8.56. The average molecular weight is 199 g/mol. The monoisotopic (exact) mass is 199 g/mol. The van der Waals surface area contributed by atoms with E-state index in [1.165, 1.54) is 36.0 Å². The molecule has 0 heterocycles. The van der Waals surface area contributed by atoms with Gasteiger partial charge in [0.25, 0.3) is 0 Å². The van der Waals surface area contributed by atoms with Crippen LogP contribution in [-0.2, 0) is 12.8 Å². The molecule has 0 radical (unpaired) electrons. The summed E-state index contributed by atoms with van der Waals surface area (Å²) < 4.78 is 0. The largest absolute Gasteiger partial charge is 0.198 e. The Morgan fingerprint density at radius 1 is 1.47 bits per heavy atom. The molecule has 0 saturated heterocycles. The summed E-state index contributed by atoms with van der Waals surface area (Å²) in [5, 5.41) is 8.56. The molecule has 0 unspecified atom stereocenters. The van der Waals surface area contributed by atoms with Crippen LogP contribution in [0.3, 0.4) is 0 Å². The molecule has 1 nitrogen and oxygen atoms in total. The van der Waals surface area contributed by atoms with Gasteiger partial charge in [-0.2, -0.15) is 5.26 Å². The molecule has 0 spiro atoms. The van der Waals surface area contributed by atoms with Crippen LogP contribution in [0.1, 0.15) is 48.8 Å². The molecule has 0 amide bonds. The van der Waals surface area contributed by atoms with Crippen LogP contribution < -0.4 is 0 Å². The molecule has 0 bridgehead atoms. The minimum absolute atomic E-state index is 0.633. The van der Waals surface area contributed by atoms with Crippen LogP contribution >= 0.6 is 0 Å². The summed E-state index contributed by atoms with van der Waals surface area (Å²) in [6.45, 7) is 2.31. The highest BCUT2D eigenvalue weighted by atomic mass is 14.2. The quantitative estimate of drug-likeness (QED) is 0.714. The van der Waals surface area contributed by atoms with Gasteiger partial charge in [0.1, 0.15) is 0 Å². The van der Waals surface area contributed by atoms with Gasteiger partial charge in [-0.25, -0.2) is 0 Å². The zero-order valence-electron chi connectivity index (χ0n) is 9.29. The summed E-state index contributed by atoms with van der Waals surface area (Å²) in [4.78, 5) is 0. The first kappa shape index (κ1) is 10.2. The standard InChI is InChI=1S/C14H17N/c1-11-4-2-6-13-10-12(5-3-9-15)7-8-14(11)13/h7-8,10-11H,2-6H2,1H3/t11-/m1/s1. The summed E-state index contributed by atoms with van der Waals surface area (Å²) in [6, 6.07) is 8.98. The Kier molecular flexibility index (Phi) is 3.06. The van der Waals surface area contributed by atoms with Crippen molar-refractivity contribution in [1.29, 1.82) is 5.26 Å². The maximum Gasteiger partial charge on any atom is 0.0625 e. The molecule has 78 valence electrons. The number of benzene rings is 1. The van der Waals surface area contributed by atoms with Crippen molar-refractivity contribution in [2.24, 2.45) is 0 Å². The maximum absolute atomic E-state index is 8.56. The van der Waals surface area contributed by atoms with E-state index >= 15 is 0 Å². The lowest BCUT2D eigenvalue weighted by Gasteiger charge is -2.22. The zero-order valence-corrected chi connectivity index (χ0v) is 9.29. The normalized spacial score (nSPS) is 19.3. The van der Waals surface area contributed by atoms with Crippen LogP contribution in [0.5, 0.6) is 0 Å². The molecular formula is C14H17N. The molecule has 2 rings (SSSR count). The zero-order chi connectivity index (χ0) is 10.7. The van der Waals surface area contributed by atoms with E-state index in [1.807, 2.05) is 0 Å². The Morgan fingerprint density at radius 3 is 3.13 bits per heavy atom. The van der Waals surface area contributed by atoms with E-state index in [2.05, 4.69) is 31.2 Å². The second-order valence-electron chi connectivity index (χ2n) is 4.48. The molecule has 0 saturated carbocycles. The van der Waals surface area contributed by atoms with Crippen LogP contribution in [0.15, 0.2) is 18.2 Å². The number of rotatable bonds is 2. The molecule has 1 heteroatoms. The second kappa shape index (κ2) is 4.49. The third kappa shape index (κ3) is 2.21. The van der Waals surface area contributed by atoms with E-state index < -0.39 is 0 Å². The summed E-state index contributed by atoms with van der Waals surface area (Å²) >= 11 is 0. The molecular weight excluding hydrogens is 182 g/mol. The summed E-state index contributed by atoms with van der Waals surface area (Å²) in [5.74, 6) is 0.721.